The van der Waals surface area contributed by atoms with Crippen molar-refractivity contribution >= 4 is 0 Å². The third-order valence-electron chi connectivity index (χ3n) is 1.32. The summed E-state index contributed by atoms with van der Waals surface area (Å²) in [5.74, 6) is 0. The third-order valence-corrected chi connectivity index (χ3v) is 1.32. The highest BCUT2D eigenvalue weighted by molar-refractivity contribution is 4.88. The van der Waals surface area contributed by atoms with Gasteiger partial charge in [0, 0.05) is 0 Å². The molecular weight excluding hydrogens is 96.0 g/mol. The first-order chi connectivity index (χ1) is 3.38. The highest BCUT2D eigenvalue weighted by atomic mass is 17.3. The highest BCUT2D eigenvalue weighted by Gasteiger charge is 2.52. The molecule has 2 rings (SSSR count). The van der Waals surface area contributed by atoms with Crippen molar-refractivity contribution in [1.82, 2.24) is 0 Å². The van der Waals surface area contributed by atoms with Gasteiger partial charge in [0.05, 0.1) is 6.61 Å². The summed E-state index contributed by atoms with van der Waals surface area (Å²) in [7, 11) is 0. The molecule has 7 heavy (non-hydrogen) atoms. The lowest BCUT2D eigenvalue weighted by atomic mass is 10.4. The molecule has 0 radical (unpaired) electrons. The minimum Gasteiger partial charge on any atom is -0.533 e. The van der Waals surface area contributed by atoms with Crippen LogP contribution in [-0.4, -0.2) is 25.4 Å². The van der Waals surface area contributed by atoms with Crippen LogP contribution in [0.15, 0.2) is 0 Å². The van der Waals surface area contributed by atoms with Crippen LogP contribution in [0.5, 0.6) is 0 Å². The molecule has 3 heteroatoms. The molecule has 0 aromatic heterocycles. The summed E-state index contributed by atoms with van der Waals surface area (Å²) >= 11 is 0. The maximum atomic E-state index is 10.1. The van der Waals surface area contributed by atoms with Crippen LogP contribution in [0.4, 0.5) is 0 Å². The number of hydrogen-bond acceptors (Lipinski definition) is 2. The smallest absolute Gasteiger partial charge is 0.260 e. The first kappa shape index (κ1) is 3.83. The van der Waals surface area contributed by atoms with Crippen molar-refractivity contribution in [2.45, 2.75) is 12.2 Å². The maximum absolute atomic E-state index is 10.1. The number of rotatable bonds is 1. The van der Waals surface area contributed by atoms with Crippen molar-refractivity contribution in [3.05, 3.63) is 0 Å². The molecule has 40 valence electrons. The topological polar surface area (TPSA) is 38.3 Å². The Morgan fingerprint density at radius 1 is 1.71 bits per heavy atom. The molecule has 0 amide bonds. The minimum absolute atomic E-state index is 0.153. The molecule has 2 aliphatic rings. The molecule has 3 nitrogen and oxygen atoms in total. The summed E-state index contributed by atoms with van der Waals surface area (Å²) in [5, 5.41) is 10.1. The van der Waals surface area contributed by atoms with Crippen molar-refractivity contribution in [3.8, 4) is 0 Å². The van der Waals surface area contributed by atoms with Crippen LogP contribution in [0.1, 0.15) is 0 Å². The van der Waals surface area contributed by atoms with Crippen LogP contribution in [-0.2, 0) is 9.25 Å². The lowest BCUT2D eigenvalue weighted by Gasteiger charge is -1.91. The van der Waals surface area contributed by atoms with E-state index in [2.05, 4.69) is 0 Å². The first-order valence-corrected chi connectivity index (χ1v) is 2.37. The molecular formula is C4H6O3. The molecule has 2 unspecified atom stereocenters. The van der Waals surface area contributed by atoms with Crippen molar-refractivity contribution in [3.63, 3.8) is 0 Å². The maximum Gasteiger partial charge on any atom is 0.260 e. The molecule has 0 N–H and O–H groups in total. The first-order valence-electron chi connectivity index (χ1n) is 2.37. The Morgan fingerprint density at radius 3 is 2.43 bits per heavy atom. The van der Waals surface area contributed by atoms with E-state index < -0.39 is 0 Å². The van der Waals surface area contributed by atoms with Gasteiger partial charge < -0.3 is 14.5 Å². The van der Waals surface area contributed by atoms with Crippen molar-refractivity contribution < 1.29 is 14.5 Å². The van der Waals surface area contributed by atoms with Crippen LogP contribution in [0.25, 0.3) is 0 Å². The summed E-state index contributed by atoms with van der Waals surface area (Å²) in [6.45, 7) is 1.40. The Labute approximate surface area is 41.1 Å². The fraction of sp³-hybridized carbons (Fsp3) is 1.00. The molecule has 0 saturated carbocycles. The Morgan fingerprint density at radius 2 is 2.29 bits per heavy atom. The number of epoxide rings is 2. The largest absolute Gasteiger partial charge is 0.533 e. The van der Waals surface area contributed by atoms with Gasteiger partial charge in [0.25, 0.3) is 6.10 Å². The number of hydrogen-bond donors (Lipinski definition) is 0. The van der Waals surface area contributed by atoms with Crippen molar-refractivity contribution in [1.29, 1.82) is 0 Å². The molecule has 2 aliphatic heterocycles. The van der Waals surface area contributed by atoms with Gasteiger partial charge in [-0.2, -0.15) is 0 Å². The Hall–Kier alpha value is -0.120. The van der Waals surface area contributed by atoms with Crippen LogP contribution < -0.4 is 5.26 Å². The average molecular weight is 102 g/mol. The zero-order valence-corrected chi connectivity index (χ0v) is 3.79. The van der Waals surface area contributed by atoms with E-state index in [9.17, 15) is 5.26 Å². The number of ether oxygens (including phenoxy) is 1. The van der Waals surface area contributed by atoms with E-state index in [-0.39, 0.29) is 12.2 Å². The summed E-state index contributed by atoms with van der Waals surface area (Å²) < 4.78 is 6.56. The van der Waals surface area contributed by atoms with Gasteiger partial charge in [-0.05, 0) is 0 Å². The summed E-state index contributed by atoms with van der Waals surface area (Å²) in [6, 6.07) is 0. The molecule has 0 bridgehead atoms. The normalized spacial score (nSPS) is 49.3. The van der Waals surface area contributed by atoms with E-state index in [1.807, 2.05) is 0 Å². The van der Waals surface area contributed by atoms with Gasteiger partial charge in [0.1, 0.15) is 0 Å². The van der Waals surface area contributed by atoms with Gasteiger partial charge in [-0.25, -0.2) is 0 Å². The monoisotopic (exact) mass is 102 g/mol. The van der Waals surface area contributed by atoms with Crippen LogP contribution in [0, 0.1) is 0 Å². The Bertz CT molecular complexity index is 88.9. The van der Waals surface area contributed by atoms with Gasteiger partial charge in [-0.1, -0.05) is 0 Å². The van der Waals surface area contributed by atoms with E-state index in [1.54, 1.807) is 4.52 Å². The van der Waals surface area contributed by atoms with E-state index in [1.165, 1.54) is 0 Å². The second-order valence-corrected chi connectivity index (χ2v) is 1.96. The summed E-state index contributed by atoms with van der Waals surface area (Å²) in [4.78, 5) is 0. The second kappa shape index (κ2) is 0.992. The second-order valence-electron chi connectivity index (χ2n) is 1.96. The van der Waals surface area contributed by atoms with Crippen molar-refractivity contribution in [2.75, 3.05) is 13.2 Å². The quantitative estimate of drug-likeness (QED) is 0.232. The highest BCUT2D eigenvalue weighted by Crippen LogP contribution is 2.29. The molecule has 0 aliphatic carbocycles. The van der Waals surface area contributed by atoms with Crippen molar-refractivity contribution in [2.24, 2.45) is 0 Å². The van der Waals surface area contributed by atoms with Gasteiger partial charge in [0.15, 0.2) is 6.10 Å². The van der Waals surface area contributed by atoms with E-state index in [4.69, 9.17) is 4.74 Å². The fourth-order valence-electron chi connectivity index (χ4n) is 0.669. The van der Waals surface area contributed by atoms with Gasteiger partial charge in [0.2, 0.25) is 6.61 Å². The lowest BCUT2D eigenvalue weighted by Crippen LogP contribution is -2.10. The van der Waals surface area contributed by atoms with Gasteiger partial charge in [-0.15, -0.1) is 0 Å². The standard InChI is InChI=1S/C4H6O3/c5-7-2-4(7)3-1-6-3/h3-4H,1-2H2. The molecule has 0 spiro atoms. The van der Waals surface area contributed by atoms with E-state index >= 15 is 0 Å². The lowest BCUT2D eigenvalue weighted by molar-refractivity contribution is -0.737. The van der Waals surface area contributed by atoms with Gasteiger partial charge >= 0.3 is 0 Å². The summed E-state index contributed by atoms with van der Waals surface area (Å²) in [5.41, 5.74) is 0. The SMILES string of the molecule is [O-][O+]1CC1C1CO1. The van der Waals surface area contributed by atoms with Crippen LogP contribution >= 0.6 is 0 Å². The predicted molar refractivity (Wildman–Crippen MR) is 19.5 cm³/mol. The molecule has 2 atom stereocenters. The molecule has 0 aromatic rings. The summed E-state index contributed by atoms with van der Waals surface area (Å²) in [6.07, 6.45) is 0.419. The van der Waals surface area contributed by atoms with Crippen LogP contribution in [0.3, 0.4) is 0 Å². The predicted octanol–water partition coefficient (Wildman–Crippen LogP) is -1.41. The average Bonchev–Trinajstić information content (AvgIpc) is 2.23. The Balaban J connectivity index is 1.88. The molecule has 2 fully saturated rings. The fourth-order valence-corrected chi connectivity index (χ4v) is 0.669. The van der Waals surface area contributed by atoms with Crippen LogP contribution in [0.2, 0.25) is 0 Å². The molecule has 0 aromatic carbocycles. The third kappa shape index (κ3) is 0.534. The zero-order valence-electron chi connectivity index (χ0n) is 3.79. The molecule has 2 saturated heterocycles. The van der Waals surface area contributed by atoms with E-state index in [0.717, 1.165) is 6.61 Å². The zero-order chi connectivity index (χ0) is 4.85. The Kier molecular flexibility index (Phi) is 0.543. The van der Waals surface area contributed by atoms with E-state index in [0.29, 0.717) is 6.61 Å². The molecule has 2 heterocycles. The van der Waals surface area contributed by atoms with Gasteiger partial charge in [-0.3, -0.25) is 0 Å². The minimum atomic E-state index is 0.153.